The Kier molecular flexibility index (Phi) is 6.89. The first-order chi connectivity index (χ1) is 15.5. The molecule has 4 aliphatic rings. The predicted molar refractivity (Wildman–Crippen MR) is 123 cm³/mol. The number of carboxylic acid groups (broad SMARTS) is 1. The van der Waals surface area contributed by atoms with Crippen molar-refractivity contribution in [3.05, 3.63) is 0 Å². The van der Waals surface area contributed by atoms with Crippen molar-refractivity contribution < 1.29 is 30.0 Å². The zero-order valence-electron chi connectivity index (χ0n) is 20.4. The van der Waals surface area contributed by atoms with Crippen molar-refractivity contribution in [2.45, 2.75) is 96.9 Å². The number of amides is 1. The van der Waals surface area contributed by atoms with E-state index in [1.807, 2.05) is 0 Å². The van der Waals surface area contributed by atoms with Gasteiger partial charge in [-0.1, -0.05) is 20.8 Å². The number of rotatable bonds is 6. The molecule has 11 atom stereocenters. The number of nitrogens with one attached hydrogen (secondary N) is 1. The zero-order chi connectivity index (χ0) is 24.1. The maximum absolute atomic E-state index is 12.0. The van der Waals surface area contributed by atoms with Crippen molar-refractivity contribution in [2.75, 3.05) is 6.54 Å². The number of hydrogen-bond donors (Lipinski definition) is 5. The summed E-state index contributed by atoms with van der Waals surface area (Å²) >= 11 is 0. The highest BCUT2D eigenvalue weighted by Gasteiger charge is 2.65. The molecule has 7 nitrogen and oxygen atoms in total. The molecule has 0 radical (unpaired) electrons. The van der Waals surface area contributed by atoms with Crippen LogP contribution in [0.15, 0.2) is 0 Å². The summed E-state index contributed by atoms with van der Waals surface area (Å²) in [7, 11) is 0. The molecule has 0 aromatic carbocycles. The van der Waals surface area contributed by atoms with Crippen LogP contribution < -0.4 is 5.32 Å². The highest BCUT2D eigenvalue weighted by molar-refractivity contribution is 5.81. The third-order valence-electron chi connectivity index (χ3n) is 10.8. The van der Waals surface area contributed by atoms with Crippen LogP contribution in [0.4, 0.5) is 0 Å². The summed E-state index contributed by atoms with van der Waals surface area (Å²) in [4.78, 5) is 22.7. The first-order valence-electron chi connectivity index (χ1n) is 13.0. The van der Waals surface area contributed by atoms with Crippen molar-refractivity contribution in [3.63, 3.8) is 0 Å². The number of carboxylic acids is 1. The Morgan fingerprint density at radius 3 is 2.45 bits per heavy atom. The minimum Gasteiger partial charge on any atom is -0.480 e. The Morgan fingerprint density at radius 1 is 1.03 bits per heavy atom. The third-order valence-corrected chi connectivity index (χ3v) is 10.8. The van der Waals surface area contributed by atoms with Crippen LogP contribution in [0.5, 0.6) is 0 Å². The summed E-state index contributed by atoms with van der Waals surface area (Å²) in [5.74, 6) is 0.265. The normalized spacial score (nSPS) is 47.7. The van der Waals surface area contributed by atoms with Crippen LogP contribution in [-0.2, 0) is 9.59 Å². The minimum absolute atomic E-state index is 0.0668. The van der Waals surface area contributed by atoms with Crippen molar-refractivity contribution in [1.29, 1.82) is 0 Å². The standard InChI is InChI=1S/C26H43NO6/c1-14(4-7-22(31)27-13-23(32)33)17-5-6-18-24-19(12-21(30)26(17,18)3)25(2)9-8-16(28)10-15(25)11-20(24)29/h14-21,24,28-30H,4-13H2,1-3H3,(H,27,31)(H,32,33)/t14-,15-,16-,17-,18+,19+,20-,21-,24+,25+,26-/m1/s1. The van der Waals surface area contributed by atoms with Gasteiger partial charge in [-0.3, -0.25) is 9.59 Å². The first kappa shape index (κ1) is 24.9. The lowest BCUT2D eigenvalue weighted by atomic mass is 9.43. The smallest absolute Gasteiger partial charge is 0.322 e. The molecule has 4 aliphatic carbocycles. The molecule has 0 saturated heterocycles. The molecule has 1 amide bonds. The van der Waals surface area contributed by atoms with E-state index in [-0.39, 0.29) is 65.1 Å². The Hall–Kier alpha value is -1.18. The van der Waals surface area contributed by atoms with E-state index in [9.17, 15) is 24.9 Å². The molecule has 0 heterocycles. The van der Waals surface area contributed by atoms with Crippen LogP contribution in [0.25, 0.3) is 0 Å². The van der Waals surface area contributed by atoms with Gasteiger partial charge in [0.15, 0.2) is 0 Å². The molecular weight excluding hydrogens is 422 g/mol. The second-order valence-corrected chi connectivity index (χ2v) is 12.2. The van der Waals surface area contributed by atoms with E-state index in [0.717, 1.165) is 38.5 Å². The summed E-state index contributed by atoms with van der Waals surface area (Å²) in [6.45, 7) is 6.35. The Labute approximate surface area is 197 Å². The number of aliphatic carboxylic acids is 1. The van der Waals surface area contributed by atoms with E-state index < -0.39 is 12.1 Å². The van der Waals surface area contributed by atoms with Crippen molar-refractivity contribution in [3.8, 4) is 0 Å². The van der Waals surface area contributed by atoms with Gasteiger partial charge in [0.25, 0.3) is 0 Å². The average molecular weight is 466 g/mol. The molecule has 4 fully saturated rings. The molecule has 5 N–H and O–H groups in total. The number of aliphatic hydroxyl groups excluding tert-OH is 3. The molecule has 0 unspecified atom stereocenters. The van der Waals surface area contributed by atoms with Gasteiger partial charge in [-0.25, -0.2) is 0 Å². The van der Waals surface area contributed by atoms with Crippen molar-refractivity contribution in [2.24, 2.45) is 46.3 Å². The van der Waals surface area contributed by atoms with Crippen LogP contribution in [0.3, 0.4) is 0 Å². The molecule has 188 valence electrons. The fourth-order valence-corrected chi connectivity index (χ4v) is 8.95. The van der Waals surface area contributed by atoms with Crippen LogP contribution in [-0.4, -0.2) is 57.2 Å². The number of carbonyl (C=O) groups is 2. The number of fused-ring (bicyclic) bond motifs is 5. The lowest BCUT2D eigenvalue weighted by Gasteiger charge is -2.63. The largest absolute Gasteiger partial charge is 0.480 e. The molecule has 0 aromatic heterocycles. The monoisotopic (exact) mass is 465 g/mol. The van der Waals surface area contributed by atoms with Gasteiger partial charge in [0.2, 0.25) is 5.91 Å². The molecule has 33 heavy (non-hydrogen) atoms. The lowest BCUT2D eigenvalue weighted by molar-refractivity contribution is -0.207. The highest BCUT2D eigenvalue weighted by Crippen LogP contribution is 2.68. The van der Waals surface area contributed by atoms with Crippen LogP contribution in [0.1, 0.15) is 78.6 Å². The van der Waals surface area contributed by atoms with Crippen LogP contribution in [0, 0.1) is 46.3 Å². The van der Waals surface area contributed by atoms with Crippen molar-refractivity contribution in [1.82, 2.24) is 5.32 Å². The van der Waals surface area contributed by atoms with Gasteiger partial charge in [-0.2, -0.15) is 0 Å². The maximum Gasteiger partial charge on any atom is 0.322 e. The number of hydrogen-bond acceptors (Lipinski definition) is 5. The molecule has 7 heteroatoms. The number of aliphatic hydroxyl groups is 3. The maximum atomic E-state index is 12.0. The van der Waals surface area contributed by atoms with Crippen LogP contribution in [0.2, 0.25) is 0 Å². The quantitative estimate of drug-likeness (QED) is 0.410. The fraction of sp³-hybridized carbons (Fsp3) is 0.923. The molecule has 4 saturated carbocycles. The molecule has 0 aromatic rings. The summed E-state index contributed by atoms with van der Waals surface area (Å²) < 4.78 is 0. The SMILES string of the molecule is C[C@H](CCC(=O)NCC(=O)O)[C@H]1CC[C@H]2[C@@H]3[C@H](O)C[C@H]4C[C@H](O)CC[C@]4(C)[C@H]3C[C@@H](O)[C@]12C. The Balaban J connectivity index is 1.49. The Morgan fingerprint density at radius 2 is 1.76 bits per heavy atom. The van der Waals surface area contributed by atoms with E-state index in [0.29, 0.717) is 25.2 Å². The van der Waals surface area contributed by atoms with Crippen molar-refractivity contribution >= 4 is 11.9 Å². The van der Waals surface area contributed by atoms with Gasteiger partial charge in [-0.05, 0) is 97.7 Å². The van der Waals surface area contributed by atoms with E-state index in [4.69, 9.17) is 5.11 Å². The lowest BCUT2D eigenvalue weighted by Crippen LogP contribution is -2.62. The minimum atomic E-state index is -1.04. The Bertz CT molecular complexity index is 759. The predicted octanol–water partition coefficient (Wildman–Crippen LogP) is 2.56. The summed E-state index contributed by atoms with van der Waals surface area (Å²) in [6, 6.07) is 0. The van der Waals surface area contributed by atoms with Crippen LogP contribution >= 0.6 is 0 Å². The van der Waals surface area contributed by atoms with E-state index in [1.54, 1.807) is 0 Å². The second-order valence-electron chi connectivity index (χ2n) is 12.2. The van der Waals surface area contributed by atoms with Gasteiger partial charge >= 0.3 is 5.97 Å². The molecular formula is C26H43NO6. The highest BCUT2D eigenvalue weighted by atomic mass is 16.4. The summed E-state index contributed by atoms with van der Waals surface area (Å²) in [5, 5.41) is 44.4. The molecule has 0 aliphatic heterocycles. The van der Waals surface area contributed by atoms with Gasteiger partial charge in [0, 0.05) is 6.42 Å². The fourth-order valence-electron chi connectivity index (χ4n) is 8.95. The summed E-state index contributed by atoms with van der Waals surface area (Å²) in [6.07, 6.45) is 5.86. The molecule has 0 spiro atoms. The van der Waals surface area contributed by atoms with Gasteiger partial charge in [-0.15, -0.1) is 0 Å². The average Bonchev–Trinajstić information content (AvgIpc) is 3.11. The van der Waals surface area contributed by atoms with E-state index >= 15 is 0 Å². The second kappa shape index (κ2) is 9.12. The van der Waals surface area contributed by atoms with E-state index in [1.165, 1.54) is 0 Å². The molecule has 0 bridgehead atoms. The van der Waals surface area contributed by atoms with E-state index in [2.05, 4.69) is 26.1 Å². The zero-order valence-corrected chi connectivity index (χ0v) is 20.4. The number of carbonyl (C=O) groups excluding carboxylic acids is 1. The van der Waals surface area contributed by atoms with Gasteiger partial charge < -0.3 is 25.7 Å². The molecule has 4 rings (SSSR count). The summed E-state index contributed by atoms with van der Waals surface area (Å²) in [5.41, 5.74) is -0.214. The first-order valence-corrected chi connectivity index (χ1v) is 13.0. The van der Waals surface area contributed by atoms with Gasteiger partial charge in [0.1, 0.15) is 6.54 Å². The topological polar surface area (TPSA) is 127 Å². The third kappa shape index (κ3) is 4.23. The van der Waals surface area contributed by atoms with Gasteiger partial charge in [0.05, 0.1) is 18.3 Å².